The Kier molecular flexibility index (Phi) is 3.22. The van der Waals surface area contributed by atoms with E-state index in [0.717, 1.165) is 30.6 Å². The van der Waals surface area contributed by atoms with Crippen molar-refractivity contribution >= 4 is 11.9 Å². The van der Waals surface area contributed by atoms with Crippen molar-refractivity contribution < 1.29 is 14.7 Å². The van der Waals surface area contributed by atoms with E-state index in [1.807, 2.05) is 18.0 Å². The number of carboxylic acids is 1. The Morgan fingerprint density at radius 3 is 2.65 bits per heavy atom. The van der Waals surface area contributed by atoms with Gasteiger partial charge in [0.25, 0.3) is 0 Å². The quantitative estimate of drug-likeness (QED) is 0.879. The van der Waals surface area contributed by atoms with Crippen LogP contribution in [0.5, 0.6) is 0 Å². The topological polar surface area (TPSA) is 60.9 Å². The van der Waals surface area contributed by atoms with Crippen LogP contribution in [0, 0.1) is 5.92 Å². The number of amides is 1. The monoisotopic (exact) mass is 274 g/mol. The number of carbonyl (C=O) groups excluding carboxylic acids is 1. The molecule has 1 N–H and O–H groups in total. The third kappa shape index (κ3) is 2.29. The molecule has 2 aliphatic rings. The molecule has 1 aromatic carbocycles. The van der Waals surface area contributed by atoms with Crippen LogP contribution in [0.3, 0.4) is 0 Å². The maximum atomic E-state index is 12.5. The van der Waals surface area contributed by atoms with Gasteiger partial charge in [-0.1, -0.05) is 6.07 Å². The van der Waals surface area contributed by atoms with E-state index in [0.29, 0.717) is 18.7 Å². The summed E-state index contributed by atoms with van der Waals surface area (Å²) in [6.45, 7) is 2.94. The summed E-state index contributed by atoms with van der Waals surface area (Å²) in [5.74, 6) is -0.634. The number of hydrogen-bond acceptors (Lipinski definition) is 3. The van der Waals surface area contributed by atoms with Crippen LogP contribution in [0.2, 0.25) is 0 Å². The number of likely N-dealkylation sites (tertiary alicyclic amines) is 1. The van der Waals surface area contributed by atoms with Gasteiger partial charge in [0.05, 0.1) is 11.5 Å². The van der Waals surface area contributed by atoms with Gasteiger partial charge in [0.15, 0.2) is 0 Å². The minimum absolute atomic E-state index is 0.0910. The largest absolute Gasteiger partial charge is 0.478 e. The van der Waals surface area contributed by atoms with Crippen molar-refractivity contribution in [1.82, 2.24) is 9.80 Å². The highest BCUT2D eigenvalue weighted by Gasteiger charge is 2.32. The molecular formula is C15H18N2O3. The zero-order chi connectivity index (χ0) is 14.3. The lowest BCUT2D eigenvalue weighted by molar-refractivity contribution is -0.135. The van der Waals surface area contributed by atoms with Gasteiger partial charge in [-0.2, -0.15) is 0 Å². The number of rotatable bonds is 2. The third-order valence-corrected chi connectivity index (χ3v) is 4.23. The summed E-state index contributed by atoms with van der Waals surface area (Å²) in [6.07, 6.45) is 0.919. The van der Waals surface area contributed by atoms with Gasteiger partial charge < -0.3 is 14.9 Å². The molecule has 1 aromatic rings. The molecule has 0 spiro atoms. The first kappa shape index (κ1) is 13.1. The summed E-state index contributed by atoms with van der Waals surface area (Å²) in [4.78, 5) is 27.5. The van der Waals surface area contributed by atoms with Gasteiger partial charge in [-0.25, -0.2) is 4.79 Å². The summed E-state index contributed by atoms with van der Waals surface area (Å²) in [5, 5.41) is 9.01. The lowest BCUT2D eigenvalue weighted by Crippen LogP contribution is -2.33. The number of nitrogens with zero attached hydrogens (tertiary/aromatic N) is 2. The van der Waals surface area contributed by atoms with E-state index in [4.69, 9.17) is 5.11 Å². The Balaban J connectivity index is 1.73. The van der Waals surface area contributed by atoms with Crippen LogP contribution in [0.15, 0.2) is 18.2 Å². The first-order valence-corrected chi connectivity index (χ1v) is 6.87. The zero-order valence-electron chi connectivity index (χ0n) is 11.5. The molecule has 0 aromatic heterocycles. The molecule has 1 atom stereocenters. The Bertz CT molecular complexity index is 570. The third-order valence-electron chi connectivity index (χ3n) is 4.23. The van der Waals surface area contributed by atoms with Crippen LogP contribution in [-0.4, -0.2) is 46.9 Å². The summed E-state index contributed by atoms with van der Waals surface area (Å²) >= 11 is 0. The van der Waals surface area contributed by atoms with Gasteiger partial charge in [0.1, 0.15) is 0 Å². The van der Waals surface area contributed by atoms with Crippen LogP contribution < -0.4 is 0 Å². The predicted octanol–water partition coefficient (Wildman–Crippen LogP) is 1.18. The molecule has 1 fully saturated rings. The predicted molar refractivity (Wildman–Crippen MR) is 73.3 cm³/mol. The Labute approximate surface area is 117 Å². The van der Waals surface area contributed by atoms with Crippen LogP contribution in [0.1, 0.15) is 27.9 Å². The lowest BCUT2D eigenvalue weighted by atomic mass is 10.1. The normalized spacial score (nSPS) is 22.1. The molecule has 1 saturated heterocycles. The van der Waals surface area contributed by atoms with Crippen LogP contribution in [-0.2, 0) is 17.9 Å². The average Bonchev–Trinajstić information content (AvgIpc) is 3.02. The van der Waals surface area contributed by atoms with Crippen molar-refractivity contribution in [2.45, 2.75) is 19.5 Å². The number of carbonyl (C=O) groups is 2. The first-order valence-electron chi connectivity index (χ1n) is 6.87. The van der Waals surface area contributed by atoms with Gasteiger partial charge in [-0.15, -0.1) is 0 Å². The fourth-order valence-electron chi connectivity index (χ4n) is 3.08. The van der Waals surface area contributed by atoms with E-state index in [9.17, 15) is 9.59 Å². The molecule has 1 amide bonds. The molecule has 106 valence electrons. The minimum atomic E-state index is -0.921. The van der Waals surface area contributed by atoms with Gasteiger partial charge in [0, 0.05) is 19.6 Å². The van der Waals surface area contributed by atoms with Crippen molar-refractivity contribution in [3.05, 3.63) is 34.9 Å². The molecule has 0 radical (unpaired) electrons. The standard InChI is InChI=1S/C15H18N2O3/c1-16-5-4-12(7-16)14(18)17-8-11-3-2-10(15(19)20)6-13(11)9-17/h2-3,6,12H,4-5,7-9H2,1H3,(H,19,20). The fourth-order valence-corrected chi connectivity index (χ4v) is 3.08. The summed E-state index contributed by atoms with van der Waals surface area (Å²) in [6, 6.07) is 5.12. The Hall–Kier alpha value is -1.88. The summed E-state index contributed by atoms with van der Waals surface area (Å²) in [7, 11) is 2.03. The molecule has 2 heterocycles. The maximum Gasteiger partial charge on any atom is 0.335 e. The van der Waals surface area contributed by atoms with Gasteiger partial charge >= 0.3 is 5.97 Å². The number of hydrogen-bond donors (Lipinski definition) is 1. The number of carboxylic acid groups (broad SMARTS) is 1. The SMILES string of the molecule is CN1CCC(C(=O)N2Cc3ccc(C(=O)O)cc3C2)C1. The van der Waals surface area contributed by atoms with Crippen molar-refractivity contribution in [3.8, 4) is 0 Å². The highest BCUT2D eigenvalue weighted by Crippen LogP contribution is 2.27. The first-order chi connectivity index (χ1) is 9.54. The number of fused-ring (bicyclic) bond motifs is 1. The second-order valence-corrected chi connectivity index (χ2v) is 5.73. The van der Waals surface area contributed by atoms with Crippen molar-refractivity contribution in [1.29, 1.82) is 0 Å². The molecular weight excluding hydrogens is 256 g/mol. The molecule has 5 heteroatoms. The molecule has 5 nitrogen and oxygen atoms in total. The highest BCUT2D eigenvalue weighted by atomic mass is 16.4. The van der Waals surface area contributed by atoms with E-state index in [1.165, 1.54) is 0 Å². The van der Waals surface area contributed by atoms with Crippen molar-refractivity contribution in [3.63, 3.8) is 0 Å². The van der Waals surface area contributed by atoms with Crippen molar-refractivity contribution in [2.24, 2.45) is 5.92 Å². The van der Waals surface area contributed by atoms with E-state index in [2.05, 4.69) is 4.90 Å². The second kappa shape index (κ2) is 4.90. The average molecular weight is 274 g/mol. The second-order valence-electron chi connectivity index (χ2n) is 5.73. The molecule has 0 saturated carbocycles. The van der Waals surface area contributed by atoms with Crippen molar-refractivity contribution in [2.75, 3.05) is 20.1 Å². The molecule has 2 aliphatic heterocycles. The Morgan fingerprint density at radius 1 is 1.25 bits per heavy atom. The number of benzene rings is 1. The summed E-state index contributed by atoms with van der Waals surface area (Å²) < 4.78 is 0. The smallest absolute Gasteiger partial charge is 0.335 e. The van der Waals surface area contributed by atoms with Crippen LogP contribution in [0.4, 0.5) is 0 Å². The van der Waals surface area contributed by atoms with Gasteiger partial charge in [-0.3, -0.25) is 4.79 Å². The van der Waals surface area contributed by atoms with E-state index >= 15 is 0 Å². The van der Waals surface area contributed by atoms with E-state index < -0.39 is 5.97 Å². The van der Waals surface area contributed by atoms with Gasteiger partial charge in [-0.05, 0) is 43.3 Å². The molecule has 20 heavy (non-hydrogen) atoms. The fraction of sp³-hybridized carbons (Fsp3) is 0.467. The Morgan fingerprint density at radius 2 is 2.00 bits per heavy atom. The maximum absolute atomic E-state index is 12.5. The molecule has 1 unspecified atom stereocenters. The van der Waals surface area contributed by atoms with Gasteiger partial charge in [0.2, 0.25) is 5.91 Å². The highest BCUT2D eigenvalue weighted by molar-refractivity contribution is 5.88. The number of aromatic carboxylic acids is 1. The zero-order valence-corrected chi connectivity index (χ0v) is 11.5. The molecule has 0 aliphatic carbocycles. The van der Waals surface area contributed by atoms with E-state index in [-0.39, 0.29) is 11.8 Å². The molecule has 3 rings (SSSR count). The van der Waals surface area contributed by atoms with E-state index in [1.54, 1.807) is 12.1 Å². The lowest BCUT2D eigenvalue weighted by Gasteiger charge is -2.19. The van der Waals surface area contributed by atoms with Crippen LogP contribution in [0.25, 0.3) is 0 Å². The minimum Gasteiger partial charge on any atom is -0.478 e. The molecule has 0 bridgehead atoms. The van der Waals surface area contributed by atoms with Crippen LogP contribution >= 0.6 is 0 Å². The summed E-state index contributed by atoms with van der Waals surface area (Å²) in [5.41, 5.74) is 2.32.